The van der Waals surface area contributed by atoms with Crippen LogP contribution in [-0.4, -0.2) is 53.3 Å². The number of carbonyl (C=O) groups excluding carboxylic acids is 1. The van der Waals surface area contributed by atoms with E-state index in [4.69, 9.17) is 9.84 Å². The highest BCUT2D eigenvalue weighted by Gasteiger charge is 2.25. The van der Waals surface area contributed by atoms with Gasteiger partial charge in [-0.15, -0.1) is 11.3 Å². The van der Waals surface area contributed by atoms with E-state index in [1.54, 1.807) is 18.9 Å². The summed E-state index contributed by atoms with van der Waals surface area (Å²) in [6.45, 7) is 3.07. The number of nitrogens with one attached hydrogen (secondary N) is 1. The predicted octanol–water partition coefficient (Wildman–Crippen LogP) is 1.72. The third-order valence-electron chi connectivity index (χ3n) is 3.45. The molecule has 2 rings (SSSR count). The average molecular weight is 313 g/mol. The number of rotatable bonds is 4. The monoisotopic (exact) mass is 313 g/mol. The summed E-state index contributed by atoms with van der Waals surface area (Å²) in [6.07, 6.45) is 1.96. The van der Waals surface area contributed by atoms with E-state index in [1.807, 2.05) is 0 Å². The van der Waals surface area contributed by atoms with Crippen molar-refractivity contribution in [3.05, 3.63) is 16.1 Å². The van der Waals surface area contributed by atoms with E-state index in [2.05, 4.69) is 10.3 Å². The average Bonchev–Trinajstić information content (AvgIpc) is 2.97. The maximum Gasteiger partial charge on any atom is 0.355 e. The van der Waals surface area contributed by atoms with Gasteiger partial charge >= 0.3 is 12.0 Å². The van der Waals surface area contributed by atoms with Gasteiger partial charge in [0.25, 0.3) is 0 Å². The van der Waals surface area contributed by atoms with Gasteiger partial charge in [-0.1, -0.05) is 0 Å². The highest BCUT2D eigenvalue weighted by molar-refractivity contribution is 7.09. The molecule has 1 aromatic heterocycles. The van der Waals surface area contributed by atoms with Crippen LogP contribution in [0.15, 0.2) is 5.38 Å². The van der Waals surface area contributed by atoms with Gasteiger partial charge in [0.2, 0.25) is 0 Å². The van der Waals surface area contributed by atoms with E-state index < -0.39 is 5.97 Å². The van der Waals surface area contributed by atoms with Gasteiger partial charge in [0.15, 0.2) is 5.69 Å². The second-order valence-electron chi connectivity index (χ2n) is 4.99. The molecule has 21 heavy (non-hydrogen) atoms. The number of amides is 2. The van der Waals surface area contributed by atoms with Gasteiger partial charge in [0, 0.05) is 25.6 Å². The van der Waals surface area contributed by atoms with Gasteiger partial charge in [0.1, 0.15) is 5.01 Å². The second kappa shape index (κ2) is 6.86. The van der Waals surface area contributed by atoms with Crippen molar-refractivity contribution in [2.75, 3.05) is 20.2 Å². The van der Waals surface area contributed by atoms with Crippen molar-refractivity contribution in [2.24, 2.45) is 0 Å². The summed E-state index contributed by atoms with van der Waals surface area (Å²) >= 11 is 1.23. The van der Waals surface area contributed by atoms with Gasteiger partial charge < -0.3 is 20.1 Å². The first kappa shape index (κ1) is 15.7. The van der Waals surface area contributed by atoms with Crippen LogP contribution in [-0.2, 0) is 4.74 Å². The molecule has 0 aromatic carbocycles. The lowest BCUT2D eigenvalue weighted by Gasteiger charge is -2.32. The first-order valence-corrected chi connectivity index (χ1v) is 7.66. The van der Waals surface area contributed by atoms with E-state index >= 15 is 0 Å². The number of hydrogen-bond acceptors (Lipinski definition) is 5. The summed E-state index contributed by atoms with van der Waals surface area (Å²) in [6, 6.07) is -0.491. The fourth-order valence-electron chi connectivity index (χ4n) is 2.24. The SMILES string of the molecule is COC1CCCN(C(=O)NC(C)c2nc(C(=O)O)cs2)C1. The van der Waals surface area contributed by atoms with Crippen molar-refractivity contribution in [1.29, 1.82) is 0 Å². The molecule has 2 atom stereocenters. The van der Waals surface area contributed by atoms with Crippen molar-refractivity contribution in [2.45, 2.75) is 31.9 Å². The molecule has 2 heterocycles. The summed E-state index contributed by atoms with van der Waals surface area (Å²) in [4.78, 5) is 28.7. The summed E-state index contributed by atoms with van der Waals surface area (Å²) < 4.78 is 5.29. The number of piperidine rings is 1. The molecule has 8 heteroatoms. The van der Waals surface area contributed by atoms with Crippen LogP contribution in [0.4, 0.5) is 4.79 Å². The summed E-state index contributed by atoms with van der Waals surface area (Å²) in [5, 5.41) is 13.8. The molecule has 1 aliphatic rings. The number of ether oxygens (including phenoxy) is 1. The molecule has 7 nitrogen and oxygen atoms in total. The van der Waals surface area contributed by atoms with E-state index in [0.29, 0.717) is 18.1 Å². The minimum absolute atomic E-state index is 0.00789. The number of hydrogen-bond donors (Lipinski definition) is 2. The zero-order valence-electron chi connectivity index (χ0n) is 12.0. The minimum Gasteiger partial charge on any atom is -0.476 e. The molecule has 2 N–H and O–H groups in total. The number of carboxylic acids is 1. The van der Waals surface area contributed by atoms with Crippen molar-refractivity contribution in [1.82, 2.24) is 15.2 Å². The zero-order chi connectivity index (χ0) is 15.4. The minimum atomic E-state index is -1.06. The number of methoxy groups -OCH3 is 1. The smallest absolute Gasteiger partial charge is 0.355 e. The summed E-state index contributed by atoms with van der Waals surface area (Å²) in [5.41, 5.74) is 0.00789. The van der Waals surface area contributed by atoms with Gasteiger partial charge in [-0.05, 0) is 19.8 Å². The molecule has 1 aromatic rings. The van der Waals surface area contributed by atoms with Crippen LogP contribution in [0.5, 0.6) is 0 Å². The van der Waals surface area contributed by atoms with Gasteiger partial charge in [-0.25, -0.2) is 14.6 Å². The summed E-state index contributed by atoms with van der Waals surface area (Å²) in [7, 11) is 1.65. The molecule has 0 saturated carbocycles. The number of aromatic nitrogens is 1. The highest BCUT2D eigenvalue weighted by Crippen LogP contribution is 2.19. The number of carbonyl (C=O) groups is 2. The molecule has 0 bridgehead atoms. The Kier molecular flexibility index (Phi) is 5.13. The lowest BCUT2D eigenvalue weighted by Crippen LogP contribution is -2.48. The third kappa shape index (κ3) is 3.92. The topological polar surface area (TPSA) is 91.8 Å². The Labute approximate surface area is 126 Å². The van der Waals surface area contributed by atoms with E-state index in [9.17, 15) is 9.59 Å². The Bertz CT molecular complexity index is 519. The Morgan fingerprint density at radius 2 is 2.38 bits per heavy atom. The predicted molar refractivity (Wildman–Crippen MR) is 77.6 cm³/mol. The van der Waals surface area contributed by atoms with Crippen LogP contribution in [0.3, 0.4) is 0 Å². The normalized spacial score (nSPS) is 20.1. The number of nitrogens with zero attached hydrogens (tertiary/aromatic N) is 2. The summed E-state index contributed by atoms with van der Waals surface area (Å²) in [5.74, 6) is -1.06. The quantitative estimate of drug-likeness (QED) is 0.883. The largest absolute Gasteiger partial charge is 0.476 e. The van der Waals surface area contributed by atoms with Crippen LogP contribution >= 0.6 is 11.3 Å². The van der Waals surface area contributed by atoms with Gasteiger partial charge in [0.05, 0.1) is 12.1 Å². The van der Waals surface area contributed by atoms with Crippen molar-refractivity contribution in [3.8, 4) is 0 Å². The van der Waals surface area contributed by atoms with Crippen molar-refractivity contribution in [3.63, 3.8) is 0 Å². The first-order chi connectivity index (χ1) is 10.0. The van der Waals surface area contributed by atoms with Crippen LogP contribution < -0.4 is 5.32 Å². The maximum absolute atomic E-state index is 12.2. The molecule has 1 aliphatic heterocycles. The van der Waals surface area contributed by atoms with Crippen molar-refractivity contribution < 1.29 is 19.4 Å². The van der Waals surface area contributed by atoms with Crippen molar-refractivity contribution >= 4 is 23.3 Å². The molecule has 116 valence electrons. The van der Waals surface area contributed by atoms with E-state index in [-0.39, 0.29) is 23.9 Å². The molecular weight excluding hydrogens is 294 g/mol. The molecular formula is C13H19N3O4S. The number of urea groups is 1. The molecule has 1 saturated heterocycles. The Morgan fingerprint density at radius 3 is 3.00 bits per heavy atom. The number of carboxylic acid groups (broad SMARTS) is 1. The standard InChI is InChI=1S/C13H19N3O4S/c1-8(11-15-10(7-21-11)12(17)18)14-13(19)16-5-3-4-9(6-16)20-2/h7-9H,3-6H2,1-2H3,(H,14,19)(H,17,18). The molecule has 0 spiro atoms. The number of aromatic carboxylic acids is 1. The van der Waals surface area contributed by atoms with E-state index in [0.717, 1.165) is 12.8 Å². The second-order valence-corrected chi connectivity index (χ2v) is 5.88. The third-order valence-corrected chi connectivity index (χ3v) is 4.48. The molecule has 2 amide bonds. The lowest BCUT2D eigenvalue weighted by atomic mass is 10.1. The number of likely N-dealkylation sites (tertiary alicyclic amines) is 1. The van der Waals surface area contributed by atoms with Gasteiger partial charge in [-0.3, -0.25) is 0 Å². The molecule has 2 unspecified atom stereocenters. The van der Waals surface area contributed by atoms with Crippen LogP contribution in [0.1, 0.15) is 41.3 Å². The Hall–Kier alpha value is -1.67. The molecule has 0 aliphatic carbocycles. The molecule has 1 fully saturated rings. The Balaban J connectivity index is 1.93. The van der Waals surface area contributed by atoms with Crippen LogP contribution in [0, 0.1) is 0 Å². The van der Waals surface area contributed by atoms with Crippen LogP contribution in [0.25, 0.3) is 0 Å². The van der Waals surface area contributed by atoms with E-state index in [1.165, 1.54) is 16.7 Å². The first-order valence-electron chi connectivity index (χ1n) is 6.78. The fraction of sp³-hybridized carbons (Fsp3) is 0.615. The Morgan fingerprint density at radius 1 is 1.62 bits per heavy atom. The van der Waals surface area contributed by atoms with Crippen LogP contribution in [0.2, 0.25) is 0 Å². The zero-order valence-corrected chi connectivity index (χ0v) is 12.9. The fourth-order valence-corrected chi connectivity index (χ4v) is 3.04. The van der Waals surface area contributed by atoms with Gasteiger partial charge in [-0.2, -0.15) is 0 Å². The maximum atomic E-state index is 12.2. The lowest BCUT2D eigenvalue weighted by molar-refractivity contribution is 0.0431. The number of thiazole rings is 1. The molecule has 0 radical (unpaired) electrons. The highest BCUT2D eigenvalue weighted by atomic mass is 32.1.